The van der Waals surface area contributed by atoms with E-state index in [1.165, 1.54) is 74.7 Å². The van der Waals surface area contributed by atoms with Crippen molar-refractivity contribution in [3.8, 4) is 0 Å². The second-order valence-corrected chi connectivity index (χ2v) is 10.9. The van der Waals surface area contributed by atoms with Gasteiger partial charge in [-0.1, -0.05) is 33.1 Å². The van der Waals surface area contributed by atoms with Crippen LogP contribution in [0, 0.1) is 11.3 Å². The van der Waals surface area contributed by atoms with E-state index in [1.54, 1.807) is 0 Å². The standard InChI is InChI=1S/C25H36N6/c1-3-16(2)12-25-13-18(14-25)31(15-25)24-26-20-10-6-9-19(20)23(28-24)27-22-11-21(29-30-22)17-7-4-5-8-17/h11,16-18H,3-10,12-15H2,1-2H3,(H2,26,27,28,29,30). The van der Waals surface area contributed by atoms with E-state index in [4.69, 9.17) is 9.97 Å². The molecular formula is C25H36N6. The summed E-state index contributed by atoms with van der Waals surface area (Å²) in [6.45, 7) is 5.86. The molecule has 4 heterocycles. The molecule has 1 unspecified atom stereocenters. The van der Waals surface area contributed by atoms with Crippen molar-refractivity contribution in [1.29, 1.82) is 0 Å². The summed E-state index contributed by atoms with van der Waals surface area (Å²) in [7, 11) is 0. The number of hydrogen-bond donors (Lipinski definition) is 2. The fourth-order valence-electron chi connectivity index (χ4n) is 6.75. The largest absolute Gasteiger partial charge is 0.337 e. The Morgan fingerprint density at radius 1 is 1.19 bits per heavy atom. The van der Waals surface area contributed by atoms with Gasteiger partial charge in [0.1, 0.15) is 5.82 Å². The quantitative estimate of drug-likeness (QED) is 0.619. The Hall–Kier alpha value is -2.11. The van der Waals surface area contributed by atoms with Gasteiger partial charge in [0.25, 0.3) is 0 Å². The second-order valence-electron chi connectivity index (χ2n) is 10.9. The van der Waals surface area contributed by atoms with Gasteiger partial charge in [-0.15, -0.1) is 0 Å². The van der Waals surface area contributed by atoms with Gasteiger partial charge >= 0.3 is 0 Å². The number of rotatable bonds is 7. The summed E-state index contributed by atoms with van der Waals surface area (Å²) in [4.78, 5) is 12.7. The van der Waals surface area contributed by atoms with E-state index in [-0.39, 0.29) is 0 Å². The van der Waals surface area contributed by atoms with E-state index in [2.05, 4.69) is 40.3 Å². The van der Waals surface area contributed by atoms with Crippen LogP contribution in [0.15, 0.2) is 6.07 Å². The highest BCUT2D eigenvalue weighted by Gasteiger charge is 2.55. The summed E-state index contributed by atoms with van der Waals surface area (Å²) in [5, 5.41) is 11.4. The maximum atomic E-state index is 5.09. The number of nitrogens with zero attached hydrogens (tertiary/aromatic N) is 4. The zero-order valence-electron chi connectivity index (χ0n) is 19.1. The molecule has 0 aromatic carbocycles. The molecule has 2 saturated heterocycles. The van der Waals surface area contributed by atoms with Crippen molar-refractivity contribution in [2.24, 2.45) is 11.3 Å². The Morgan fingerprint density at radius 3 is 2.84 bits per heavy atom. The van der Waals surface area contributed by atoms with Crippen LogP contribution in [0.1, 0.15) is 94.5 Å². The monoisotopic (exact) mass is 420 g/mol. The van der Waals surface area contributed by atoms with E-state index >= 15 is 0 Å². The fourth-order valence-corrected chi connectivity index (χ4v) is 6.75. The summed E-state index contributed by atoms with van der Waals surface area (Å²) >= 11 is 0. The summed E-state index contributed by atoms with van der Waals surface area (Å²) in [6, 6.07) is 2.84. The lowest BCUT2D eigenvalue weighted by molar-refractivity contribution is 0.152. The molecule has 2 aromatic rings. The Bertz CT molecular complexity index is 953. The van der Waals surface area contributed by atoms with Crippen molar-refractivity contribution in [2.75, 3.05) is 16.8 Å². The molecule has 3 aliphatic carbocycles. The molecule has 5 aliphatic rings. The molecule has 6 heteroatoms. The van der Waals surface area contributed by atoms with Gasteiger partial charge in [0.05, 0.1) is 5.69 Å². The molecule has 2 bridgehead atoms. The first-order chi connectivity index (χ1) is 15.1. The van der Waals surface area contributed by atoms with Crippen LogP contribution in [0.4, 0.5) is 17.6 Å². The van der Waals surface area contributed by atoms with Gasteiger partial charge in [-0.05, 0) is 62.7 Å². The van der Waals surface area contributed by atoms with Gasteiger partial charge in [0.15, 0.2) is 5.82 Å². The lowest BCUT2D eigenvalue weighted by atomic mass is 9.65. The minimum atomic E-state index is 0.508. The zero-order valence-corrected chi connectivity index (χ0v) is 19.1. The van der Waals surface area contributed by atoms with Crippen molar-refractivity contribution in [3.05, 3.63) is 23.0 Å². The summed E-state index contributed by atoms with van der Waals surface area (Å²) in [6.07, 6.45) is 13.8. The molecule has 0 radical (unpaired) electrons. The lowest BCUT2D eigenvalue weighted by Gasteiger charge is -2.38. The molecule has 6 nitrogen and oxygen atoms in total. The van der Waals surface area contributed by atoms with E-state index in [1.807, 2.05) is 0 Å². The molecule has 2 aliphatic heterocycles. The highest BCUT2D eigenvalue weighted by Crippen LogP contribution is 2.56. The number of aromatic amines is 1. The number of nitrogens with one attached hydrogen (secondary N) is 2. The number of aromatic nitrogens is 4. The molecule has 166 valence electrons. The fraction of sp³-hybridized carbons (Fsp3) is 0.720. The molecule has 2 aromatic heterocycles. The Morgan fingerprint density at radius 2 is 2.03 bits per heavy atom. The maximum Gasteiger partial charge on any atom is 0.227 e. The number of H-pyrrole nitrogens is 1. The van der Waals surface area contributed by atoms with Gasteiger partial charge in [-0.25, -0.2) is 4.98 Å². The molecule has 1 atom stereocenters. The Kier molecular flexibility index (Phi) is 4.73. The maximum absolute atomic E-state index is 5.09. The van der Waals surface area contributed by atoms with Gasteiger partial charge in [0.2, 0.25) is 5.95 Å². The molecule has 0 amide bonds. The van der Waals surface area contributed by atoms with Gasteiger partial charge in [0, 0.05) is 35.8 Å². The van der Waals surface area contributed by atoms with Crippen LogP contribution in [0.25, 0.3) is 0 Å². The summed E-state index contributed by atoms with van der Waals surface area (Å²) in [5.41, 5.74) is 4.33. The van der Waals surface area contributed by atoms with Crippen LogP contribution in [0.3, 0.4) is 0 Å². The van der Waals surface area contributed by atoms with Crippen molar-refractivity contribution >= 4 is 17.6 Å². The average Bonchev–Trinajstić information content (AvgIpc) is 3.54. The van der Waals surface area contributed by atoms with Crippen molar-refractivity contribution in [2.45, 2.75) is 96.4 Å². The predicted octanol–water partition coefficient (Wildman–Crippen LogP) is 5.49. The highest BCUT2D eigenvalue weighted by atomic mass is 15.3. The third-order valence-corrected chi connectivity index (χ3v) is 8.58. The average molecular weight is 421 g/mol. The molecule has 2 saturated carbocycles. The topological polar surface area (TPSA) is 69.7 Å². The Balaban J connectivity index is 1.24. The van der Waals surface area contributed by atoms with Crippen LogP contribution in [-0.4, -0.2) is 32.8 Å². The predicted molar refractivity (Wildman–Crippen MR) is 124 cm³/mol. The van der Waals surface area contributed by atoms with Gasteiger partial charge < -0.3 is 10.2 Å². The van der Waals surface area contributed by atoms with Crippen molar-refractivity contribution < 1.29 is 0 Å². The molecule has 4 fully saturated rings. The number of hydrogen-bond acceptors (Lipinski definition) is 5. The SMILES string of the molecule is CCC(C)CC12CC(C1)N(c1nc3c(c(Nc4cc(C5CCCC5)[nH]n4)n1)CCC3)C2. The minimum absolute atomic E-state index is 0.508. The van der Waals surface area contributed by atoms with E-state index in [9.17, 15) is 0 Å². The van der Waals surface area contributed by atoms with Gasteiger partial charge in [-0.2, -0.15) is 10.1 Å². The lowest BCUT2D eigenvalue weighted by Crippen LogP contribution is -2.36. The number of aryl methyl sites for hydroxylation is 1. The van der Waals surface area contributed by atoms with E-state index in [0.717, 1.165) is 42.9 Å². The van der Waals surface area contributed by atoms with Crippen LogP contribution in [0.2, 0.25) is 0 Å². The third-order valence-electron chi connectivity index (χ3n) is 8.58. The molecule has 0 spiro atoms. The smallest absolute Gasteiger partial charge is 0.227 e. The highest BCUT2D eigenvalue weighted by molar-refractivity contribution is 5.61. The van der Waals surface area contributed by atoms with E-state index < -0.39 is 0 Å². The second kappa shape index (κ2) is 7.49. The first kappa shape index (κ1) is 19.6. The number of anilines is 3. The molecule has 2 N–H and O–H groups in total. The number of fused-ring (bicyclic) bond motifs is 2. The van der Waals surface area contributed by atoms with Crippen LogP contribution < -0.4 is 10.2 Å². The van der Waals surface area contributed by atoms with E-state index in [0.29, 0.717) is 17.4 Å². The molecular weight excluding hydrogens is 384 g/mol. The van der Waals surface area contributed by atoms with Gasteiger partial charge in [-0.3, -0.25) is 5.10 Å². The first-order valence-corrected chi connectivity index (χ1v) is 12.6. The van der Waals surface area contributed by atoms with Crippen LogP contribution >= 0.6 is 0 Å². The molecule has 7 rings (SSSR count). The minimum Gasteiger partial charge on any atom is -0.337 e. The first-order valence-electron chi connectivity index (χ1n) is 12.6. The van der Waals surface area contributed by atoms with Crippen molar-refractivity contribution in [3.63, 3.8) is 0 Å². The van der Waals surface area contributed by atoms with Crippen LogP contribution in [0.5, 0.6) is 0 Å². The Labute approximate surface area is 185 Å². The molecule has 31 heavy (non-hydrogen) atoms. The summed E-state index contributed by atoms with van der Waals surface area (Å²) in [5.74, 6) is 4.30. The summed E-state index contributed by atoms with van der Waals surface area (Å²) < 4.78 is 0. The van der Waals surface area contributed by atoms with Crippen molar-refractivity contribution in [1.82, 2.24) is 20.2 Å². The normalized spacial score (nSPS) is 28.1. The zero-order chi connectivity index (χ0) is 21.0. The third kappa shape index (κ3) is 3.42. The van der Waals surface area contributed by atoms with Crippen LogP contribution in [-0.2, 0) is 12.8 Å².